The largest absolute Gasteiger partial charge is 0.345 e. The normalized spacial score (nSPS) is 12.5. The van der Waals surface area contributed by atoms with Crippen LogP contribution in [-0.4, -0.2) is 20.6 Å². The average Bonchev–Trinajstić information content (AvgIpc) is 2.47. The van der Waals surface area contributed by atoms with Crippen LogP contribution in [0.5, 0.6) is 0 Å². The molecule has 0 aromatic heterocycles. The molecular formula is C18H21ClN2O3S. The predicted molar refractivity (Wildman–Crippen MR) is 102 cm³/mol. The number of sulfonamides is 1. The molecule has 5 nitrogen and oxygen atoms in total. The fourth-order valence-electron chi connectivity index (χ4n) is 2.64. The molecule has 0 fully saturated rings. The van der Waals surface area contributed by atoms with E-state index in [1.807, 2.05) is 32.9 Å². The van der Waals surface area contributed by atoms with Crippen molar-refractivity contribution >= 4 is 33.2 Å². The molecule has 134 valence electrons. The molecule has 0 aliphatic rings. The van der Waals surface area contributed by atoms with E-state index in [0.29, 0.717) is 0 Å². The Kier molecular flexibility index (Phi) is 5.75. The minimum Gasteiger partial charge on any atom is -0.345 e. The molecule has 1 atom stereocenters. The van der Waals surface area contributed by atoms with Crippen molar-refractivity contribution in [2.75, 3.05) is 11.0 Å². The Labute approximate surface area is 153 Å². The number of hydrogen-bond acceptors (Lipinski definition) is 3. The molecule has 0 saturated heterocycles. The highest BCUT2D eigenvalue weighted by atomic mass is 35.5. The number of rotatable bonds is 5. The van der Waals surface area contributed by atoms with Crippen LogP contribution in [0, 0.1) is 13.8 Å². The van der Waals surface area contributed by atoms with Crippen LogP contribution in [0.25, 0.3) is 0 Å². The molecule has 25 heavy (non-hydrogen) atoms. The van der Waals surface area contributed by atoms with Crippen molar-refractivity contribution in [3.8, 4) is 0 Å². The van der Waals surface area contributed by atoms with Crippen molar-refractivity contribution in [2.45, 2.75) is 26.8 Å². The maximum atomic E-state index is 12.6. The molecule has 2 N–H and O–H groups in total. The lowest BCUT2D eigenvalue weighted by Gasteiger charge is -2.18. The van der Waals surface area contributed by atoms with E-state index in [4.69, 9.17) is 11.6 Å². The standard InChI is InChI=1S/C18H21ClN2O3S/c1-11-5-7-15(12(2)9-11)13(3)20-18(22)16-10-14(6-8-17(16)19)21-25(4,23)24/h5-10,13,21H,1-4H3,(H,20,22)/t13-/m1/s1. The first kappa shape index (κ1) is 19.3. The summed E-state index contributed by atoms with van der Waals surface area (Å²) in [4.78, 5) is 12.6. The third kappa shape index (κ3) is 5.21. The number of hydrogen-bond donors (Lipinski definition) is 2. The summed E-state index contributed by atoms with van der Waals surface area (Å²) >= 11 is 6.11. The van der Waals surface area contributed by atoms with Gasteiger partial charge in [-0.2, -0.15) is 0 Å². The zero-order chi connectivity index (χ0) is 18.8. The van der Waals surface area contributed by atoms with E-state index in [1.54, 1.807) is 0 Å². The van der Waals surface area contributed by atoms with Crippen LogP contribution in [0.15, 0.2) is 36.4 Å². The van der Waals surface area contributed by atoms with Crippen LogP contribution < -0.4 is 10.0 Å². The molecule has 0 aliphatic heterocycles. The second-order valence-corrected chi connectivity index (χ2v) is 8.28. The summed E-state index contributed by atoms with van der Waals surface area (Å²) in [6.07, 6.45) is 1.05. The van der Waals surface area contributed by atoms with Crippen molar-refractivity contribution < 1.29 is 13.2 Å². The van der Waals surface area contributed by atoms with E-state index >= 15 is 0 Å². The number of carbonyl (C=O) groups is 1. The fraction of sp³-hybridized carbons (Fsp3) is 0.278. The van der Waals surface area contributed by atoms with E-state index in [2.05, 4.69) is 16.1 Å². The van der Waals surface area contributed by atoms with Gasteiger partial charge in [0.25, 0.3) is 5.91 Å². The third-order valence-corrected chi connectivity index (χ3v) is 4.69. The SMILES string of the molecule is Cc1ccc([C@@H](C)NC(=O)c2cc(NS(C)(=O)=O)ccc2Cl)c(C)c1. The number of carbonyl (C=O) groups excluding carboxylic acids is 1. The molecule has 1 amide bonds. The molecule has 0 bridgehead atoms. The summed E-state index contributed by atoms with van der Waals surface area (Å²) in [7, 11) is -3.43. The topological polar surface area (TPSA) is 75.3 Å². The van der Waals surface area contributed by atoms with Gasteiger partial charge in [-0.25, -0.2) is 8.42 Å². The first-order chi connectivity index (χ1) is 11.6. The molecule has 7 heteroatoms. The summed E-state index contributed by atoms with van der Waals surface area (Å²) < 4.78 is 25.0. The Morgan fingerprint density at radius 3 is 2.40 bits per heavy atom. The molecule has 2 aromatic rings. The maximum Gasteiger partial charge on any atom is 0.253 e. The Balaban J connectivity index is 2.24. The Morgan fingerprint density at radius 1 is 1.12 bits per heavy atom. The fourth-order valence-corrected chi connectivity index (χ4v) is 3.40. The number of anilines is 1. The first-order valence-electron chi connectivity index (χ1n) is 7.72. The highest BCUT2D eigenvalue weighted by Gasteiger charge is 2.17. The van der Waals surface area contributed by atoms with Crippen LogP contribution >= 0.6 is 11.6 Å². The van der Waals surface area contributed by atoms with Crippen LogP contribution in [-0.2, 0) is 10.0 Å². The van der Waals surface area contributed by atoms with Crippen molar-refractivity contribution in [3.05, 3.63) is 63.7 Å². The number of nitrogens with one attached hydrogen (secondary N) is 2. The summed E-state index contributed by atoms with van der Waals surface area (Å²) in [5.74, 6) is -0.366. The third-order valence-electron chi connectivity index (χ3n) is 3.75. The molecule has 0 aliphatic carbocycles. The Hall–Kier alpha value is -2.05. The van der Waals surface area contributed by atoms with Gasteiger partial charge in [-0.3, -0.25) is 9.52 Å². The van der Waals surface area contributed by atoms with Crippen LogP contribution in [0.2, 0.25) is 5.02 Å². The van der Waals surface area contributed by atoms with Crippen molar-refractivity contribution in [3.63, 3.8) is 0 Å². The van der Waals surface area contributed by atoms with E-state index in [1.165, 1.54) is 18.2 Å². The summed E-state index contributed by atoms with van der Waals surface area (Å²) in [6.45, 7) is 5.90. The monoisotopic (exact) mass is 380 g/mol. The van der Waals surface area contributed by atoms with Crippen molar-refractivity contribution in [1.29, 1.82) is 0 Å². The smallest absolute Gasteiger partial charge is 0.253 e. The Morgan fingerprint density at radius 2 is 1.80 bits per heavy atom. The number of amides is 1. The van der Waals surface area contributed by atoms with E-state index in [9.17, 15) is 13.2 Å². The van der Waals surface area contributed by atoms with E-state index in [-0.39, 0.29) is 28.2 Å². The van der Waals surface area contributed by atoms with Gasteiger partial charge in [0.15, 0.2) is 0 Å². The summed E-state index contributed by atoms with van der Waals surface area (Å²) in [6, 6.07) is 10.2. The zero-order valence-corrected chi connectivity index (χ0v) is 16.1. The van der Waals surface area contributed by atoms with Crippen molar-refractivity contribution in [1.82, 2.24) is 5.32 Å². The summed E-state index contributed by atoms with van der Waals surface area (Å²) in [5.41, 5.74) is 3.76. The predicted octanol–water partition coefficient (Wildman–Crippen LogP) is 3.82. The van der Waals surface area contributed by atoms with Gasteiger partial charge in [-0.15, -0.1) is 0 Å². The Bertz CT molecular complexity index is 911. The molecule has 2 rings (SSSR count). The van der Waals surface area contributed by atoms with Gasteiger partial charge in [0, 0.05) is 5.69 Å². The number of aryl methyl sites for hydroxylation is 2. The highest BCUT2D eigenvalue weighted by Crippen LogP contribution is 2.23. The second-order valence-electron chi connectivity index (χ2n) is 6.12. The lowest BCUT2D eigenvalue weighted by Crippen LogP contribution is -2.27. The van der Waals surface area contributed by atoms with Gasteiger partial charge in [0.1, 0.15) is 0 Å². The molecule has 0 heterocycles. The van der Waals surface area contributed by atoms with Crippen LogP contribution in [0.1, 0.15) is 40.0 Å². The van der Waals surface area contributed by atoms with Gasteiger partial charge in [-0.05, 0) is 50.1 Å². The number of benzene rings is 2. The van der Waals surface area contributed by atoms with Crippen molar-refractivity contribution in [2.24, 2.45) is 0 Å². The highest BCUT2D eigenvalue weighted by molar-refractivity contribution is 7.92. The number of halogens is 1. The maximum absolute atomic E-state index is 12.6. The van der Waals surface area contributed by atoms with Gasteiger partial charge in [-0.1, -0.05) is 35.4 Å². The first-order valence-corrected chi connectivity index (χ1v) is 9.99. The van der Waals surface area contributed by atoms with Crippen LogP contribution in [0.3, 0.4) is 0 Å². The zero-order valence-electron chi connectivity index (χ0n) is 14.6. The van der Waals surface area contributed by atoms with E-state index in [0.717, 1.165) is 22.9 Å². The molecule has 0 spiro atoms. The van der Waals surface area contributed by atoms with Gasteiger partial charge < -0.3 is 5.32 Å². The minimum atomic E-state index is -3.43. The lowest BCUT2D eigenvalue weighted by molar-refractivity contribution is 0.0940. The molecule has 0 unspecified atom stereocenters. The van der Waals surface area contributed by atoms with Gasteiger partial charge in [0.05, 0.1) is 22.9 Å². The van der Waals surface area contributed by atoms with Gasteiger partial charge in [0.2, 0.25) is 10.0 Å². The molecule has 2 aromatic carbocycles. The second kappa shape index (κ2) is 7.45. The molecular weight excluding hydrogens is 360 g/mol. The quantitative estimate of drug-likeness (QED) is 0.827. The minimum absolute atomic E-state index is 0.212. The van der Waals surface area contributed by atoms with Crippen LogP contribution in [0.4, 0.5) is 5.69 Å². The lowest BCUT2D eigenvalue weighted by atomic mass is 10.00. The van der Waals surface area contributed by atoms with E-state index < -0.39 is 10.0 Å². The summed E-state index contributed by atoms with van der Waals surface area (Å²) in [5, 5.41) is 3.16. The molecule has 0 saturated carbocycles. The van der Waals surface area contributed by atoms with Gasteiger partial charge >= 0.3 is 0 Å². The molecule has 0 radical (unpaired) electrons. The average molecular weight is 381 g/mol.